The Kier molecular flexibility index (Phi) is 4.28. The molecule has 0 aromatic rings. The lowest BCUT2D eigenvalue weighted by Crippen LogP contribution is -2.63. The molecule has 0 aromatic heterocycles. The minimum Gasteiger partial charge on any atom is -0.784 e. The van der Waals surface area contributed by atoms with Gasteiger partial charge in [-0.2, -0.15) is 0 Å². The Morgan fingerprint density at radius 3 is 3.00 bits per heavy atom. The summed E-state index contributed by atoms with van der Waals surface area (Å²) in [6, 6.07) is -0.891. The van der Waals surface area contributed by atoms with Gasteiger partial charge in [0.1, 0.15) is 0 Å². The highest BCUT2D eigenvalue weighted by Gasteiger charge is 2.31. The molecule has 1 heterocycles. The van der Waals surface area contributed by atoms with Crippen molar-refractivity contribution in [3.05, 3.63) is 5.21 Å². The molecular weight excluding hydrogens is 200 g/mol. The summed E-state index contributed by atoms with van der Waals surface area (Å²) < 4.78 is 0. The second kappa shape index (κ2) is 5.26. The van der Waals surface area contributed by atoms with Gasteiger partial charge in [0.15, 0.2) is 0 Å². The van der Waals surface area contributed by atoms with E-state index in [1.165, 1.54) is 0 Å². The molecule has 0 bridgehead atoms. The van der Waals surface area contributed by atoms with E-state index >= 15 is 0 Å². The van der Waals surface area contributed by atoms with E-state index in [1.54, 1.807) is 6.92 Å². The number of primary amides is 1. The summed E-state index contributed by atoms with van der Waals surface area (Å²) in [6.45, 7) is 1.89. The van der Waals surface area contributed by atoms with Crippen LogP contribution in [0, 0.1) is 11.1 Å². The van der Waals surface area contributed by atoms with Crippen molar-refractivity contribution in [2.45, 2.75) is 25.6 Å². The Labute approximate surface area is 88.2 Å². The van der Waals surface area contributed by atoms with Gasteiger partial charge in [0.05, 0.1) is 6.17 Å². The quantitative estimate of drug-likeness (QED) is 0.470. The molecule has 0 saturated carbocycles. The van der Waals surface area contributed by atoms with Gasteiger partial charge in [0.2, 0.25) is 0 Å². The second-order valence-corrected chi connectivity index (χ2v) is 3.68. The third-order valence-corrected chi connectivity index (χ3v) is 2.73. The van der Waals surface area contributed by atoms with Crippen molar-refractivity contribution >= 4 is 6.03 Å². The molecule has 5 N–H and O–H groups in total. The van der Waals surface area contributed by atoms with Gasteiger partial charge in [-0.05, 0) is 6.42 Å². The number of rotatable bonds is 3. The molecule has 1 aliphatic heterocycles. The second-order valence-electron chi connectivity index (χ2n) is 3.68. The molecule has 0 spiro atoms. The first-order valence-corrected chi connectivity index (χ1v) is 4.90. The van der Waals surface area contributed by atoms with E-state index in [0.29, 0.717) is 6.42 Å². The molecule has 1 rings (SSSR count). The highest BCUT2D eigenvalue weighted by atomic mass is 16.5. The Morgan fingerprint density at radius 1 is 1.80 bits per heavy atom. The predicted octanol–water partition coefficient (Wildman–Crippen LogP) is -1.27. The maximum atomic E-state index is 11.3. The Bertz CT molecular complexity index is 226. The number of carbonyl (C=O) groups excluding carboxylic acids is 1. The fourth-order valence-corrected chi connectivity index (χ4v) is 1.84. The average molecular weight is 217 g/mol. The first kappa shape index (κ1) is 12.2. The summed E-state index contributed by atoms with van der Waals surface area (Å²) in [5.74, 6) is -0.145. The number of aliphatic hydroxyl groups excluding tert-OH is 1. The van der Waals surface area contributed by atoms with Gasteiger partial charge in [-0.1, -0.05) is 6.92 Å². The fraction of sp³-hybridized carbons (Fsp3) is 0.875. The first-order valence-electron chi connectivity index (χ1n) is 4.90. The third-order valence-electron chi connectivity index (χ3n) is 2.73. The van der Waals surface area contributed by atoms with Crippen molar-refractivity contribution in [3.63, 3.8) is 0 Å². The minimum atomic E-state index is -0.637. The monoisotopic (exact) mass is 217 g/mol. The summed E-state index contributed by atoms with van der Waals surface area (Å²) >= 11 is 0. The molecule has 3 atom stereocenters. The molecule has 1 saturated heterocycles. The van der Waals surface area contributed by atoms with Gasteiger partial charge in [0.25, 0.3) is 0 Å². The largest absolute Gasteiger partial charge is 0.784 e. The third kappa shape index (κ3) is 3.03. The number of nitrogens with zero attached hydrogens (tertiary/aromatic N) is 1. The standard InChI is InChI=1S/C8H17N4O3/c1-5-6(2-3-13)7(11-8(9)14)10-4-12(5)15/h5-7,10,13H,2-4H2,1H3,(H3,9,11,14)/q-1. The van der Waals surface area contributed by atoms with E-state index in [1.807, 2.05) is 0 Å². The van der Waals surface area contributed by atoms with Crippen LogP contribution < -0.4 is 16.4 Å². The SMILES string of the molecule is CC1C(CCO)C(NC(N)=O)NCN1[O-]. The minimum absolute atomic E-state index is 0.0263. The van der Waals surface area contributed by atoms with Crippen molar-refractivity contribution in [1.29, 1.82) is 0 Å². The van der Waals surface area contributed by atoms with Crippen molar-refractivity contribution in [1.82, 2.24) is 15.7 Å². The topological polar surface area (TPSA) is 114 Å². The molecule has 0 aliphatic carbocycles. The number of hydrogen-bond donors (Lipinski definition) is 4. The Morgan fingerprint density at radius 2 is 2.47 bits per heavy atom. The molecule has 88 valence electrons. The zero-order chi connectivity index (χ0) is 11.4. The normalized spacial score (nSPS) is 32.6. The lowest BCUT2D eigenvalue weighted by Gasteiger charge is -2.48. The van der Waals surface area contributed by atoms with Crippen molar-refractivity contribution < 1.29 is 9.90 Å². The Balaban J connectivity index is 2.63. The molecule has 1 fully saturated rings. The smallest absolute Gasteiger partial charge is 0.313 e. The van der Waals surface area contributed by atoms with Gasteiger partial charge < -0.3 is 26.4 Å². The predicted molar refractivity (Wildman–Crippen MR) is 54.4 cm³/mol. The number of urea groups is 1. The number of nitrogens with one attached hydrogen (secondary N) is 2. The average Bonchev–Trinajstić information content (AvgIpc) is 2.17. The van der Waals surface area contributed by atoms with Gasteiger partial charge in [-0.3, -0.25) is 5.32 Å². The van der Waals surface area contributed by atoms with E-state index < -0.39 is 6.03 Å². The molecule has 0 aromatic carbocycles. The first-order chi connectivity index (χ1) is 7.06. The zero-order valence-electron chi connectivity index (χ0n) is 8.64. The van der Waals surface area contributed by atoms with Gasteiger partial charge in [-0.25, -0.2) is 4.79 Å². The number of hydroxylamine groups is 2. The van der Waals surface area contributed by atoms with E-state index in [-0.39, 0.29) is 31.4 Å². The summed E-state index contributed by atoms with van der Waals surface area (Å²) in [5.41, 5.74) is 5.02. The summed E-state index contributed by atoms with van der Waals surface area (Å²) in [7, 11) is 0. The summed E-state index contributed by atoms with van der Waals surface area (Å²) in [5, 5.41) is 26.5. The zero-order valence-corrected chi connectivity index (χ0v) is 8.64. The molecule has 0 radical (unpaired) electrons. The number of nitrogens with two attached hydrogens (primary N) is 1. The summed E-state index contributed by atoms with van der Waals surface area (Å²) in [4.78, 5) is 10.7. The van der Waals surface area contributed by atoms with Crippen molar-refractivity contribution in [2.75, 3.05) is 13.3 Å². The number of hydrogen-bond acceptors (Lipinski definition) is 5. The Hall–Kier alpha value is -0.890. The van der Waals surface area contributed by atoms with Crippen LogP contribution in [0.5, 0.6) is 0 Å². The summed E-state index contributed by atoms with van der Waals surface area (Å²) in [6.07, 6.45) is 0.0903. The van der Waals surface area contributed by atoms with Crippen molar-refractivity contribution in [3.8, 4) is 0 Å². The fourth-order valence-electron chi connectivity index (χ4n) is 1.84. The van der Waals surface area contributed by atoms with Crippen LogP contribution in [0.3, 0.4) is 0 Å². The number of amides is 2. The maximum absolute atomic E-state index is 11.3. The van der Waals surface area contributed by atoms with Crippen LogP contribution in [-0.2, 0) is 0 Å². The lowest BCUT2D eigenvalue weighted by atomic mass is 9.92. The lowest BCUT2D eigenvalue weighted by molar-refractivity contribution is 0.0758. The van der Waals surface area contributed by atoms with Crippen LogP contribution in [0.25, 0.3) is 0 Å². The van der Waals surface area contributed by atoms with Gasteiger partial charge >= 0.3 is 6.03 Å². The van der Waals surface area contributed by atoms with Crippen LogP contribution in [0.1, 0.15) is 13.3 Å². The van der Waals surface area contributed by atoms with Gasteiger partial charge in [0, 0.05) is 25.2 Å². The molecule has 7 nitrogen and oxygen atoms in total. The van der Waals surface area contributed by atoms with Crippen LogP contribution in [-0.4, -0.2) is 41.7 Å². The van der Waals surface area contributed by atoms with E-state index in [2.05, 4.69) is 10.6 Å². The highest BCUT2D eigenvalue weighted by molar-refractivity contribution is 5.71. The molecule has 7 heteroatoms. The van der Waals surface area contributed by atoms with E-state index in [4.69, 9.17) is 10.8 Å². The van der Waals surface area contributed by atoms with Crippen LogP contribution in [0.4, 0.5) is 4.79 Å². The molecule has 3 unspecified atom stereocenters. The van der Waals surface area contributed by atoms with Crippen molar-refractivity contribution in [2.24, 2.45) is 11.7 Å². The van der Waals surface area contributed by atoms with Crippen LogP contribution in [0.15, 0.2) is 0 Å². The van der Waals surface area contributed by atoms with E-state index in [9.17, 15) is 10.0 Å². The van der Waals surface area contributed by atoms with Crippen LogP contribution >= 0.6 is 0 Å². The van der Waals surface area contributed by atoms with E-state index in [0.717, 1.165) is 5.06 Å². The molecular formula is C8H17N4O3-. The molecule has 2 amide bonds. The molecule has 15 heavy (non-hydrogen) atoms. The van der Waals surface area contributed by atoms with Crippen LogP contribution in [0.2, 0.25) is 0 Å². The maximum Gasteiger partial charge on any atom is 0.313 e. The number of aliphatic hydroxyl groups is 1. The highest BCUT2D eigenvalue weighted by Crippen LogP contribution is 2.20. The van der Waals surface area contributed by atoms with Gasteiger partial charge in [-0.15, -0.1) is 0 Å². The number of carbonyl (C=O) groups is 1. The molecule has 1 aliphatic rings.